The second-order valence-electron chi connectivity index (χ2n) is 5.25. The van der Waals surface area contributed by atoms with E-state index in [-0.39, 0.29) is 10.2 Å². The van der Waals surface area contributed by atoms with Crippen LogP contribution in [-0.4, -0.2) is 32.2 Å². The lowest BCUT2D eigenvalue weighted by atomic mass is 10.0. The van der Waals surface area contributed by atoms with Gasteiger partial charge in [0.25, 0.3) is 5.91 Å². The molecule has 1 N–H and O–H groups in total. The van der Waals surface area contributed by atoms with Crippen LogP contribution in [0.4, 0.5) is 0 Å². The lowest BCUT2D eigenvalue weighted by Crippen LogP contribution is -2.47. The van der Waals surface area contributed by atoms with Crippen molar-refractivity contribution in [2.75, 3.05) is 0 Å². The Balaban J connectivity index is 2.35. The van der Waals surface area contributed by atoms with Gasteiger partial charge in [-0.3, -0.25) is 9.69 Å². The average molecular weight is 390 g/mol. The van der Waals surface area contributed by atoms with E-state index >= 15 is 0 Å². The first kappa shape index (κ1) is 18.3. The number of benzene rings is 1. The van der Waals surface area contributed by atoms with Gasteiger partial charge in [0.05, 0.1) is 15.0 Å². The van der Waals surface area contributed by atoms with Gasteiger partial charge in [-0.1, -0.05) is 67.1 Å². The molecule has 23 heavy (non-hydrogen) atoms. The Labute approximate surface area is 153 Å². The molecule has 1 heterocycles. The van der Waals surface area contributed by atoms with Gasteiger partial charge in [-0.25, -0.2) is 4.79 Å². The van der Waals surface area contributed by atoms with Gasteiger partial charge < -0.3 is 5.11 Å². The van der Waals surface area contributed by atoms with Gasteiger partial charge >= 0.3 is 5.97 Å². The maximum atomic E-state index is 12.5. The van der Waals surface area contributed by atoms with E-state index in [4.69, 9.17) is 35.4 Å². The number of aliphatic carboxylic acids is 1. The number of carbonyl (C=O) groups is 2. The molecule has 1 amide bonds. The van der Waals surface area contributed by atoms with E-state index in [0.717, 1.165) is 16.7 Å². The first-order chi connectivity index (χ1) is 10.7. The quantitative estimate of drug-likeness (QED) is 0.614. The summed E-state index contributed by atoms with van der Waals surface area (Å²) in [6, 6.07) is 4.00. The van der Waals surface area contributed by atoms with Crippen molar-refractivity contribution < 1.29 is 14.7 Å². The average Bonchev–Trinajstić information content (AvgIpc) is 2.70. The zero-order chi connectivity index (χ0) is 17.3. The standard InChI is InChI=1S/C15H13Cl2NO3S2/c1-7(2)12(14(20)21)18-13(19)11(23-15(18)22)6-8-3-4-9(16)10(17)5-8/h3-7,12H,1-2H3,(H,20,21)/b11-6+/t12-/m0/s1. The van der Waals surface area contributed by atoms with Gasteiger partial charge in [0.2, 0.25) is 0 Å². The molecular weight excluding hydrogens is 377 g/mol. The second-order valence-corrected chi connectivity index (χ2v) is 7.74. The molecule has 1 aliphatic heterocycles. The predicted octanol–water partition coefficient (Wildman–Crippen LogP) is 4.30. The normalized spacial score (nSPS) is 18.1. The van der Waals surface area contributed by atoms with E-state index < -0.39 is 17.9 Å². The fraction of sp³-hybridized carbons (Fsp3) is 0.267. The van der Waals surface area contributed by atoms with Crippen molar-refractivity contribution in [3.8, 4) is 0 Å². The fourth-order valence-electron chi connectivity index (χ4n) is 2.17. The molecule has 4 nitrogen and oxygen atoms in total. The van der Waals surface area contributed by atoms with Crippen LogP contribution in [0, 0.1) is 5.92 Å². The van der Waals surface area contributed by atoms with Gasteiger partial charge in [0.1, 0.15) is 10.4 Å². The van der Waals surface area contributed by atoms with Crippen molar-refractivity contribution >= 4 is 69.5 Å². The fourth-order valence-corrected chi connectivity index (χ4v) is 3.80. The molecule has 122 valence electrons. The minimum atomic E-state index is -1.08. The number of thiocarbonyl (C=S) groups is 1. The smallest absolute Gasteiger partial charge is 0.327 e. The van der Waals surface area contributed by atoms with Crippen LogP contribution in [-0.2, 0) is 9.59 Å². The van der Waals surface area contributed by atoms with Gasteiger partial charge in [0, 0.05) is 0 Å². The highest BCUT2D eigenvalue weighted by molar-refractivity contribution is 8.26. The Morgan fingerprint density at radius 3 is 2.52 bits per heavy atom. The first-order valence-electron chi connectivity index (χ1n) is 6.67. The van der Waals surface area contributed by atoms with E-state index in [9.17, 15) is 14.7 Å². The largest absolute Gasteiger partial charge is 0.480 e. The Morgan fingerprint density at radius 2 is 2.00 bits per heavy atom. The van der Waals surface area contributed by atoms with Gasteiger partial charge in [-0.15, -0.1) is 0 Å². The molecule has 1 aliphatic rings. The van der Waals surface area contributed by atoms with Crippen LogP contribution < -0.4 is 0 Å². The number of halogens is 2. The topological polar surface area (TPSA) is 57.6 Å². The lowest BCUT2D eigenvalue weighted by molar-refractivity contribution is -0.146. The lowest BCUT2D eigenvalue weighted by Gasteiger charge is -2.26. The van der Waals surface area contributed by atoms with Gasteiger partial charge in [0.15, 0.2) is 0 Å². The van der Waals surface area contributed by atoms with E-state index in [1.54, 1.807) is 38.1 Å². The minimum Gasteiger partial charge on any atom is -0.480 e. The summed E-state index contributed by atoms with van der Waals surface area (Å²) < 4.78 is 0.238. The monoisotopic (exact) mass is 389 g/mol. The van der Waals surface area contributed by atoms with Crippen LogP contribution in [0.5, 0.6) is 0 Å². The number of carboxylic acids is 1. The highest BCUT2D eigenvalue weighted by Gasteiger charge is 2.41. The van der Waals surface area contributed by atoms with Gasteiger partial charge in [-0.05, 0) is 29.7 Å². The first-order valence-corrected chi connectivity index (χ1v) is 8.65. The third-order valence-corrected chi connectivity index (χ3v) is 5.30. The highest BCUT2D eigenvalue weighted by Crippen LogP contribution is 2.36. The molecular formula is C15H13Cl2NO3S2. The molecule has 0 bridgehead atoms. The van der Waals surface area contributed by atoms with Crippen LogP contribution in [0.25, 0.3) is 6.08 Å². The summed E-state index contributed by atoms with van der Waals surface area (Å²) in [5.74, 6) is -1.75. The summed E-state index contributed by atoms with van der Waals surface area (Å²) in [6.07, 6.45) is 1.63. The molecule has 1 aromatic carbocycles. The van der Waals surface area contributed by atoms with Gasteiger partial charge in [-0.2, -0.15) is 0 Å². The number of carbonyl (C=O) groups excluding carboxylic acids is 1. The summed E-state index contributed by atoms with van der Waals surface area (Å²) >= 11 is 18.1. The van der Waals surface area contributed by atoms with E-state index in [0.29, 0.717) is 20.5 Å². The third-order valence-electron chi connectivity index (χ3n) is 3.23. The van der Waals surface area contributed by atoms with Crippen molar-refractivity contribution in [2.24, 2.45) is 5.92 Å². The summed E-state index contributed by atoms with van der Waals surface area (Å²) in [5.41, 5.74) is 0.691. The molecule has 0 aliphatic carbocycles. The number of hydrogen-bond acceptors (Lipinski definition) is 4. The maximum Gasteiger partial charge on any atom is 0.327 e. The van der Waals surface area contributed by atoms with Crippen LogP contribution in [0.15, 0.2) is 23.1 Å². The summed E-state index contributed by atoms with van der Waals surface area (Å²) in [5, 5.41) is 10.2. The van der Waals surface area contributed by atoms with Crippen LogP contribution in [0.3, 0.4) is 0 Å². The number of thioether (sulfide) groups is 1. The number of hydrogen-bond donors (Lipinski definition) is 1. The van der Waals surface area contributed by atoms with Crippen LogP contribution in [0.1, 0.15) is 19.4 Å². The van der Waals surface area contributed by atoms with E-state index in [2.05, 4.69) is 0 Å². The Kier molecular flexibility index (Phi) is 5.73. The van der Waals surface area contributed by atoms with Crippen molar-refractivity contribution in [1.82, 2.24) is 4.90 Å². The number of rotatable bonds is 4. The molecule has 1 atom stereocenters. The van der Waals surface area contributed by atoms with Crippen molar-refractivity contribution in [1.29, 1.82) is 0 Å². The van der Waals surface area contributed by atoms with E-state index in [1.807, 2.05) is 0 Å². The molecule has 0 saturated carbocycles. The molecule has 0 aromatic heterocycles. The van der Waals surface area contributed by atoms with Crippen LogP contribution in [0.2, 0.25) is 10.0 Å². The van der Waals surface area contributed by atoms with Crippen LogP contribution >= 0.6 is 47.2 Å². The Bertz CT molecular complexity index is 719. The third kappa shape index (κ3) is 3.88. The summed E-state index contributed by atoms with van der Waals surface area (Å²) in [6.45, 7) is 3.47. The molecule has 0 radical (unpaired) electrons. The number of amides is 1. The van der Waals surface area contributed by atoms with Crippen molar-refractivity contribution in [3.63, 3.8) is 0 Å². The molecule has 8 heteroatoms. The summed E-state index contributed by atoms with van der Waals surface area (Å²) in [7, 11) is 0. The Morgan fingerprint density at radius 1 is 1.35 bits per heavy atom. The highest BCUT2D eigenvalue weighted by atomic mass is 35.5. The molecule has 1 saturated heterocycles. The zero-order valence-electron chi connectivity index (χ0n) is 12.2. The zero-order valence-corrected chi connectivity index (χ0v) is 15.4. The summed E-state index contributed by atoms with van der Waals surface area (Å²) in [4.78, 5) is 25.5. The number of carboxylic acid groups (broad SMARTS) is 1. The van der Waals surface area contributed by atoms with Crippen molar-refractivity contribution in [3.05, 3.63) is 38.7 Å². The number of nitrogens with zero attached hydrogens (tertiary/aromatic N) is 1. The maximum absolute atomic E-state index is 12.5. The second kappa shape index (κ2) is 7.21. The molecule has 1 aromatic rings. The SMILES string of the molecule is CC(C)[C@@H](C(=O)O)N1C(=O)/C(=C\c2ccc(Cl)c(Cl)c2)SC1=S. The van der Waals surface area contributed by atoms with Crippen molar-refractivity contribution in [2.45, 2.75) is 19.9 Å². The Hall–Kier alpha value is -1.08. The molecule has 0 spiro atoms. The predicted molar refractivity (Wildman–Crippen MR) is 97.7 cm³/mol. The molecule has 0 unspecified atom stereocenters. The minimum absolute atomic E-state index is 0.238. The molecule has 2 rings (SSSR count). The molecule has 1 fully saturated rings. The van der Waals surface area contributed by atoms with E-state index in [1.165, 1.54) is 0 Å².